The number of carbonyl (C=O) groups excluding carboxylic acids is 1. The number of anilines is 1. The minimum atomic E-state index is -4.79. The number of methoxy groups -OCH3 is 1. The molecule has 1 rings (SSSR count). The standard InChI is InChI=1S/C12H14F3NO3/c1-3-8(11(17)18-2)16-9-6-4-5-7-10(9)19-12(13,14)15/h4-8,16H,3H2,1-2H3. The van der Waals surface area contributed by atoms with Crippen molar-refractivity contribution in [3.05, 3.63) is 24.3 Å². The highest BCUT2D eigenvalue weighted by molar-refractivity contribution is 5.79. The molecule has 1 N–H and O–H groups in total. The normalized spacial score (nSPS) is 12.7. The molecule has 1 atom stereocenters. The monoisotopic (exact) mass is 277 g/mol. The van der Waals surface area contributed by atoms with Crippen molar-refractivity contribution in [2.45, 2.75) is 25.7 Å². The first-order valence-corrected chi connectivity index (χ1v) is 5.56. The van der Waals surface area contributed by atoms with Crippen molar-refractivity contribution in [1.82, 2.24) is 0 Å². The van der Waals surface area contributed by atoms with Gasteiger partial charge in [-0.25, -0.2) is 4.79 Å². The van der Waals surface area contributed by atoms with Crippen molar-refractivity contribution < 1.29 is 27.4 Å². The largest absolute Gasteiger partial charge is 0.573 e. The third-order valence-corrected chi connectivity index (χ3v) is 2.34. The average molecular weight is 277 g/mol. The molecule has 0 spiro atoms. The third kappa shape index (κ3) is 4.69. The van der Waals surface area contributed by atoms with E-state index in [1.165, 1.54) is 31.4 Å². The first-order valence-electron chi connectivity index (χ1n) is 5.56. The summed E-state index contributed by atoms with van der Waals surface area (Å²) in [5.74, 6) is -0.943. The average Bonchev–Trinajstić information content (AvgIpc) is 2.35. The molecule has 0 aliphatic carbocycles. The molecular formula is C12H14F3NO3. The number of hydrogen-bond acceptors (Lipinski definition) is 4. The fraction of sp³-hybridized carbons (Fsp3) is 0.417. The van der Waals surface area contributed by atoms with E-state index in [2.05, 4.69) is 14.8 Å². The van der Waals surface area contributed by atoms with Gasteiger partial charge in [-0.05, 0) is 18.6 Å². The van der Waals surface area contributed by atoms with E-state index in [1.54, 1.807) is 6.92 Å². The quantitative estimate of drug-likeness (QED) is 0.841. The predicted octanol–water partition coefficient (Wildman–Crippen LogP) is 2.95. The highest BCUT2D eigenvalue weighted by atomic mass is 19.4. The number of hydrogen-bond donors (Lipinski definition) is 1. The summed E-state index contributed by atoms with van der Waals surface area (Å²) in [5.41, 5.74) is 0.0806. The fourth-order valence-corrected chi connectivity index (χ4v) is 1.46. The van der Waals surface area contributed by atoms with E-state index in [0.29, 0.717) is 6.42 Å². The van der Waals surface area contributed by atoms with Crippen LogP contribution in [0.4, 0.5) is 18.9 Å². The summed E-state index contributed by atoms with van der Waals surface area (Å²) in [4.78, 5) is 11.4. The zero-order valence-electron chi connectivity index (χ0n) is 10.5. The Morgan fingerprint density at radius 3 is 2.53 bits per heavy atom. The summed E-state index contributed by atoms with van der Waals surface area (Å²) in [6.07, 6.45) is -4.42. The Labute approximate surface area is 108 Å². The second-order valence-electron chi connectivity index (χ2n) is 3.67. The number of para-hydroxylation sites is 2. The SMILES string of the molecule is CCC(Nc1ccccc1OC(F)(F)F)C(=O)OC. The van der Waals surface area contributed by atoms with Crippen LogP contribution in [0.25, 0.3) is 0 Å². The van der Waals surface area contributed by atoms with Crippen LogP contribution in [0.5, 0.6) is 5.75 Å². The molecule has 1 aromatic carbocycles. The van der Waals surface area contributed by atoms with E-state index < -0.39 is 24.1 Å². The van der Waals surface area contributed by atoms with Crippen LogP contribution < -0.4 is 10.1 Å². The summed E-state index contributed by atoms with van der Waals surface area (Å²) in [6.45, 7) is 1.71. The van der Waals surface area contributed by atoms with E-state index >= 15 is 0 Å². The lowest BCUT2D eigenvalue weighted by Crippen LogP contribution is -2.30. The lowest BCUT2D eigenvalue weighted by atomic mass is 10.2. The molecule has 1 aromatic rings. The number of benzene rings is 1. The van der Waals surface area contributed by atoms with Crippen LogP contribution in [0.3, 0.4) is 0 Å². The van der Waals surface area contributed by atoms with Crippen molar-refractivity contribution >= 4 is 11.7 Å². The molecule has 0 aromatic heterocycles. The molecule has 1 unspecified atom stereocenters. The van der Waals surface area contributed by atoms with Crippen LogP contribution in [0, 0.1) is 0 Å². The van der Waals surface area contributed by atoms with Gasteiger partial charge < -0.3 is 14.8 Å². The van der Waals surface area contributed by atoms with Gasteiger partial charge in [0, 0.05) is 0 Å². The molecule has 7 heteroatoms. The van der Waals surface area contributed by atoms with Gasteiger partial charge in [0.15, 0.2) is 5.75 Å². The first-order chi connectivity index (χ1) is 8.87. The van der Waals surface area contributed by atoms with Crippen LogP contribution >= 0.6 is 0 Å². The number of halogens is 3. The molecule has 0 aliphatic rings. The van der Waals surface area contributed by atoms with Gasteiger partial charge in [-0.1, -0.05) is 19.1 Å². The highest BCUT2D eigenvalue weighted by Gasteiger charge is 2.32. The zero-order valence-corrected chi connectivity index (χ0v) is 10.5. The van der Waals surface area contributed by atoms with Crippen LogP contribution in [0.15, 0.2) is 24.3 Å². The highest BCUT2D eigenvalue weighted by Crippen LogP contribution is 2.30. The number of rotatable bonds is 5. The first kappa shape index (κ1) is 15.1. The molecule has 0 saturated carbocycles. The fourth-order valence-electron chi connectivity index (χ4n) is 1.46. The van der Waals surface area contributed by atoms with Gasteiger partial charge in [-0.15, -0.1) is 13.2 Å². The smallest absolute Gasteiger partial charge is 0.467 e. The molecule has 0 heterocycles. The maximum Gasteiger partial charge on any atom is 0.573 e. The Hall–Kier alpha value is -1.92. The van der Waals surface area contributed by atoms with Crippen LogP contribution in [-0.2, 0) is 9.53 Å². The Morgan fingerprint density at radius 1 is 1.37 bits per heavy atom. The van der Waals surface area contributed by atoms with Crippen molar-refractivity contribution in [2.75, 3.05) is 12.4 Å². The molecule has 0 saturated heterocycles. The van der Waals surface area contributed by atoms with Gasteiger partial charge in [0.25, 0.3) is 0 Å². The topological polar surface area (TPSA) is 47.6 Å². The van der Waals surface area contributed by atoms with E-state index in [1.807, 2.05) is 0 Å². The molecule has 0 radical (unpaired) electrons. The molecule has 19 heavy (non-hydrogen) atoms. The second-order valence-corrected chi connectivity index (χ2v) is 3.67. The van der Waals surface area contributed by atoms with Crippen LogP contribution in [0.1, 0.15) is 13.3 Å². The minimum Gasteiger partial charge on any atom is -0.467 e. The maximum absolute atomic E-state index is 12.2. The predicted molar refractivity (Wildman–Crippen MR) is 62.8 cm³/mol. The van der Waals surface area contributed by atoms with Crippen molar-refractivity contribution in [2.24, 2.45) is 0 Å². The lowest BCUT2D eigenvalue weighted by molar-refractivity contribution is -0.274. The van der Waals surface area contributed by atoms with E-state index in [0.717, 1.165) is 0 Å². The summed E-state index contributed by atoms with van der Waals surface area (Å²) in [6, 6.07) is 4.77. The Bertz CT molecular complexity index is 434. The molecule has 0 fully saturated rings. The van der Waals surface area contributed by atoms with Crippen LogP contribution in [0.2, 0.25) is 0 Å². The van der Waals surface area contributed by atoms with Crippen LogP contribution in [-0.4, -0.2) is 25.5 Å². The molecule has 0 amide bonds. The Morgan fingerprint density at radius 2 is 2.00 bits per heavy atom. The zero-order chi connectivity index (χ0) is 14.5. The van der Waals surface area contributed by atoms with E-state index in [-0.39, 0.29) is 5.69 Å². The number of esters is 1. The van der Waals surface area contributed by atoms with Gasteiger partial charge in [0.2, 0.25) is 0 Å². The summed E-state index contributed by atoms with van der Waals surface area (Å²) in [7, 11) is 1.21. The number of nitrogens with one attached hydrogen (secondary N) is 1. The summed E-state index contributed by atoms with van der Waals surface area (Å²) in [5, 5.41) is 2.67. The Balaban J connectivity index is 2.91. The molecule has 0 bridgehead atoms. The maximum atomic E-state index is 12.2. The number of ether oxygens (including phenoxy) is 2. The minimum absolute atomic E-state index is 0.0806. The van der Waals surface area contributed by atoms with E-state index in [4.69, 9.17) is 0 Å². The lowest BCUT2D eigenvalue weighted by Gasteiger charge is -2.19. The van der Waals surface area contributed by atoms with Crippen molar-refractivity contribution in [1.29, 1.82) is 0 Å². The van der Waals surface area contributed by atoms with Gasteiger partial charge in [0.05, 0.1) is 12.8 Å². The second kappa shape index (κ2) is 6.31. The molecular weight excluding hydrogens is 263 g/mol. The van der Waals surface area contributed by atoms with E-state index in [9.17, 15) is 18.0 Å². The summed E-state index contributed by atoms with van der Waals surface area (Å²) >= 11 is 0. The van der Waals surface area contributed by atoms with Gasteiger partial charge >= 0.3 is 12.3 Å². The summed E-state index contributed by atoms with van der Waals surface area (Å²) < 4.78 is 45.1. The molecule has 4 nitrogen and oxygen atoms in total. The molecule has 0 aliphatic heterocycles. The number of alkyl halides is 3. The molecule has 106 valence electrons. The van der Waals surface area contributed by atoms with Gasteiger partial charge in [-0.2, -0.15) is 0 Å². The van der Waals surface area contributed by atoms with Gasteiger partial charge in [-0.3, -0.25) is 0 Å². The number of carbonyl (C=O) groups is 1. The van der Waals surface area contributed by atoms with Crippen molar-refractivity contribution in [3.8, 4) is 5.75 Å². The third-order valence-electron chi connectivity index (χ3n) is 2.34. The van der Waals surface area contributed by atoms with Crippen molar-refractivity contribution in [3.63, 3.8) is 0 Å². The van der Waals surface area contributed by atoms with Gasteiger partial charge in [0.1, 0.15) is 6.04 Å². The Kier molecular flexibility index (Phi) is 5.02.